The molecule has 7 nitrogen and oxygen atoms in total. The third kappa shape index (κ3) is 3.89. The molecule has 0 aliphatic carbocycles. The van der Waals surface area contributed by atoms with Gasteiger partial charge in [-0.2, -0.15) is 0 Å². The van der Waals surface area contributed by atoms with E-state index < -0.39 is 10.9 Å². The molecule has 1 aromatic carbocycles. The number of hydrogen-bond acceptors (Lipinski definition) is 6. The van der Waals surface area contributed by atoms with Gasteiger partial charge < -0.3 is 9.84 Å². The number of nitro benzene ring substituents is 1. The number of esters is 1. The van der Waals surface area contributed by atoms with E-state index in [0.717, 1.165) is 5.56 Å². The molecule has 0 aliphatic rings. The number of ether oxygens (including phenoxy) is 1. The van der Waals surface area contributed by atoms with Crippen molar-refractivity contribution in [3.05, 3.63) is 57.9 Å². The Kier molecular flexibility index (Phi) is 5.37. The number of carbonyl (C=O) groups excluding carboxylic acids is 1. The minimum absolute atomic E-state index is 0.0165. The Balaban J connectivity index is 2.46. The molecule has 0 radical (unpaired) electrons. The van der Waals surface area contributed by atoms with Crippen LogP contribution in [-0.4, -0.2) is 34.2 Å². The third-order valence-electron chi connectivity index (χ3n) is 3.24. The lowest BCUT2D eigenvalue weighted by molar-refractivity contribution is -0.384. The molecule has 1 aromatic heterocycles. The zero-order valence-electron chi connectivity index (χ0n) is 12.6. The second-order valence-electron chi connectivity index (χ2n) is 4.72. The van der Waals surface area contributed by atoms with Crippen molar-refractivity contribution in [3.8, 4) is 11.1 Å². The molecule has 0 aliphatic heterocycles. The normalized spacial score (nSPS) is 10.3. The van der Waals surface area contributed by atoms with Crippen LogP contribution in [0.4, 0.5) is 5.69 Å². The molecule has 23 heavy (non-hydrogen) atoms. The zero-order valence-corrected chi connectivity index (χ0v) is 12.6. The second kappa shape index (κ2) is 7.46. The van der Waals surface area contributed by atoms with Gasteiger partial charge in [-0.1, -0.05) is 0 Å². The first-order valence-electron chi connectivity index (χ1n) is 7.08. The Labute approximate surface area is 132 Å². The molecule has 0 saturated carbocycles. The molecule has 0 fully saturated rings. The first-order chi connectivity index (χ1) is 11.1. The van der Waals surface area contributed by atoms with Crippen molar-refractivity contribution in [3.63, 3.8) is 0 Å². The lowest BCUT2D eigenvalue weighted by atomic mass is 9.98. The van der Waals surface area contributed by atoms with Gasteiger partial charge in [0.25, 0.3) is 5.69 Å². The minimum atomic E-state index is -0.536. The fourth-order valence-electron chi connectivity index (χ4n) is 2.15. The average molecular weight is 316 g/mol. The molecule has 0 bridgehead atoms. The summed E-state index contributed by atoms with van der Waals surface area (Å²) >= 11 is 0. The van der Waals surface area contributed by atoms with Crippen LogP contribution in [0.5, 0.6) is 0 Å². The average Bonchev–Trinajstić information content (AvgIpc) is 2.56. The summed E-state index contributed by atoms with van der Waals surface area (Å²) in [4.78, 5) is 26.1. The zero-order chi connectivity index (χ0) is 16.8. The number of benzene rings is 1. The van der Waals surface area contributed by atoms with Crippen molar-refractivity contribution in [2.45, 2.75) is 13.3 Å². The lowest BCUT2D eigenvalue weighted by Crippen LogP contribution is -2.08. The standard InChI is InChI=1S/C16H16N2O5/c1-2-23-16(20)15-9-14(12(7-8-19)10-17-15)11-3-5-13(6-4-11)18(21)22/h3-6,9-10,19H,2,7-8H2,1H3. The summed E-state index contributed by atoms with van der Waals surface area (Å²) in [6, 6.07) is 7.56. The molecule has 0 unspecified atom stereocenters. The number of carbonyl (C=O) groups is 1. The predicted octanol–water partition coefficient (Wildman–Crippen LogP) is 2.37. The van der Waals surface area contributed by atoms with Gasteiger partial charge in [-0.3, -0.25) is 10.1 Å². The number of pyridine rings is 1. The Morgan fingerprint density at radius 2 is 2.04 bits per heavy atom. The largest absolute Gasteiger partial charge is 0.461 e. The van der Waals surface area contributed by atoms with Gasteiger partial charge in [-0.05, 0) is 48.2 Å². The summed E-state index contributed by atoms with van der Waals surface area (Å²) in [6.07, 6.45) is 1.88. The van der Waals surface area contributed by atoms with Crippen LogP contribution in [-0.2, 0) is 11.2 Å². The highest BCUT2D eigenvalue weighted by Crippen LogP contribution is 2.26. The highest BCUT2D eigenvalue weighted by molar-refractivity contribution is 5.89. The van der Waals surface area contributed by atoms with E-state index in [1.54, 1.807) is 25.1 Å². The summed E-state index contributed by atoms with van der Waals surface area (Å²) in [5.41, 5.74) is 2.27. The molecule has 120 valence electrons. The summed E-state index contributed by atoms with van der Waals surface area (Å²) in [6.45, 7) is 1.88. The van der Waals surface area contributed by atoms with Gasteiger partial charge >= 0.3 is 5.97 Å². The SMILES string of the molecule is CCOC(=O)c1cc(-c2ccc([N+](=O)[O-])cc2)c(CCO)cn1. The Hall–Kier alpha value is -2.80. The number of rotatable bonds is 6. The van der Waals surface area contributed by atoms with Crippen molar-refractivity contribution >= 4 is 11.7 Å². The number of nitrogens with zero attached hydrogens (tertiary/aromatic N) is 2. The monoisotopic (exact) mass is 316 g/mol. The van der Waals surface area contributed by atoms with Crippen LogP contribution in [0.1, 0.15) is 23.0 Å². The summed E-state index contributed by atoms with van der Waals surface area (Å²) < 4.78 is 4.93. The minimum Gasteiger partial charge on any atom is -0.461 e. The molecule has 0 amide bonds. The molecule has 0 spiro atoms. The van der Waals surface area contributed by atoms with Crippen LogP contribution >= 0.6 is 0 Å². The summed E-state index contributed by atoms with van der Waals surface area (Å²) in [5, 5.41) is 19.9. The van der Waals surface area contributed by atoms with Crippen molar-refractivity contribution in [2.24, 2.45) is 0 Å². The third-order valence-corrected chi connectivity index (χ3v) is 3.24. The Morgan fingerprint density at radius 3 is 2.61 bits per heavy atom. The highest BCUT2D eigenvalue weighted by Gasteiger charge is 2.14. The van der Waals surface area contributed by atoms with Crippen LogP contribution in [0.2, 0.25) is 0 Å². The topological polar surface area (TPSA) is 103 Å². The van der Waals surface area contributed by atoms with Gasteiger partial charge in [-0.25, -0.2) is 9.78 Å². The number of aromatic nitrogens is 1. The number of aliphatic hydroxyl groups is 1. The van der Waals surface area contributed by atoms with Crippen molar-refractivity contribution in [1.29, 1.82) is 0 Å². The molecule has 1 heterocycles. The number of non-ortho nitro benzene ring substituents is 1. The molecular weight excluding hydrogens is 300 g/mol. The van der Waals surface area contributed by atoms with E-state index in [1.165, 1.54) is 18.3 Å². The molecular formula is C16H16N2O5. The summed E-state index contributed by atoms with van der Waals surface area (Å²) in [5.74, 6) is -0.536. The van der Waals surface area contributed by atoms with E-state index in [0.29, 0.717) is 17.5 Å². The molecule has 2 aromatic rings. The number of nitro groups is 1. The molecule has 0 saturated heterocycles. The van der Waals surface area contributed by atoms with E-state index in [2.05, 4.69) is 4.98 Å². The van der Waals surface area contributed by atoms with Crippen molar-refractivity contribution < 1.29 is 19.6 Å². The van der Waals surface area contributed by atoms with E-state index in [4.69, 9.17) is 9.84 Å². The Bertz CT molecular complexity index is 713. The fourth-order valence-corrected chi connectivity index (χ4v) is 2.15. The van der Waals surface area contributed by atoms with Crippen molar-refractivity contribution in [1.82, 2.24) is 4.98 Å². The maximum absolute atomic E-state index is 11.8. The Morgan fingerprint density at radius 1 is 1.35 bits per heavy atom. The lowest BCUT2D eigenvalue weighted by Gasteiger charge is -2.10. The van der Waals surface area contributed by atoms with Gasteiger partial charge in [0.1, 0.15) is 5.69 Å². The fraction of sp³-hybridized carbons (Fsp3) is 0.250. The van der Waals surface area contributed by atoms with E-state index in [1.807, 2.05) is 0 Å². The van der Waals surface area contributed by atoms with Gasteiger partial charge in [0.05, 0.1) is 11.5 Å². The number of aliphatic hydroxyl groups excluding tert-OH is 1. The molecule has 0 atom stereocenters. The number of hydrogen-bond donors (Lipinski definition) is 1. The van der Waals surface area contributed by atoms with Crippen LogP contribution < -0.4 is 0 Å². The highest BCUT2D eigenvalue weighted by atomic mass is 16.6. The van der Waals surface area contributed by atoms with E-state index in [9.17, 15) is 14.9 Å². The summed E-state index contributed by atoms with van der Waals surface area (Å²) in [7, 11) is 0. The van der Waals surface area contributed by atoms with E-state index >= 15 is 0 Å². The second-order valence-corrected chi connectivity index (χ2v) is 4.72. The van der Waals surface area contributed by atoms with Crippen LogP contribution in [0.15, 0.2) is 36.5 Å². The van der Waals surface area contributed by atoms with Gasteiger partial charge in [0.2, 0.25) is 0 Å². The van der Waals surface area contributed by atoms with Crippen LogP contribution in [0.3, 0.4) is 0 Å². The van der Waals surface area contributed by atoms with Gasteiger partial charge in [0, 0.05) is 24.9 Å². The van der Waals surface area contributed by atoms with Crippen LogP contribution in [0.25, 0.3) is 11.1 Å². The van der Waals surface area contributed by atoms with E-state index in [-0.39, 0.29) is 24.6 Å². The smallest absolute Gasteiger partial charge is 0.356 e. The maximum atomic E-state index is 11.8. The first-order valence-corrected chi connectivity index (χ1v) is 7.08. The molecule has 2 rings (SSSR count). The quantitative estimate of drug-likeness (QED) is 0.498. The van der Waals surface area contributed by atoms with Crippen molar-refractivity contribution in [2.75, 3.05) is 13.2 Å². The first kappa shape index (κ1) is 16.6. The predicted molar refractivity (Wildman–Crippen MR) is 83.1 cm³/mol. The van der Waals surface area contributed by atoms with Gasteiger partial charge in [-0.15, -0.1) is 0 Å². The molecule has 7 heteroatoms. The molecule has 1 N–H and O–H groups in total. The van der Waals surface area contributed by atoms with Gasteiger partial charge in [0.15, 0.2) is 0 Å². The van der Waals surface area contributed by atoms with Crippen LogP contribution in [0, 0.1) is 10.1 Å². The maximum Gasteiger partial charge on any atom is 0.356 e.